The van der Waals surface area contributed by atoms with Gasteiger partial charge in [-0.15, -0.1) is 0 Å². The molecule has 0 bridgehead atoms. The lowest BCUT2D eigenvalue weighted by Gasteiger charge is -2.10. The van der Waals surface area contributed by atoms with E-state index in [1.54, 1.807) is 24.3 Å². The average molecular weight is 265 g/mol. The molecular weight excluding hydrogens is 246 g/mol. The summed E-state index contributed by atoms with van der Waals surface area (Å²) in [5.41, 5.74) is 0.566. The van der Waals surface area contributed by atoms with Gasteiger partial charge in [-0.1, -0.05) is 31.5 Å². The Kier molecular flexibility index (Phi) is 6.43. The van der Waals surface area contributed by atoms with Gasteiger partial charge in [0.1, 0.15) is 5.75 Å². The number of hydrogen-bond acceptors (Lipinski definition) is 3. The van der Waals surface area contributed by atoms with E-state index < -0.39 is 5.97 Å². The third-order valence-corrected chi connectivity index (χ3v) is 2.53. The molecule has 1 aromatic carbocycles. The number of carbonyl (C=O) groups is 2. The Balaban J connectivity index is 2.48. The second-order valence-electron chi connectivity index (χ2n) is 4.17. The van der Waals surface area contributed by atoms with Crippen molar-refractivity contribution < 1.29 is 19.4 Å². The molecule has 0 aliphatic rings. The van der Waals surface area contributed by atoms with Crippen LogP contribution in [0.15, 0.2) is 24.3 Å². The van der Waals surface area contributed by atoms with Crippen molar-refractivity contribution in [1.29, 1.82) is 0 Å². The number of carboxylic acid groups (broad SMARTS) is 1. The third-order valence-electron chi connectivity index (χ3n) is 2.53. The van der Waals surface area contributed by atoms with Crippen LogP contribution in [0.3, 0.4) is 0 Å². The SMILES string of the molecule is CCCCNC(=O)COc1ccccc1CC(=O)O. The van der Waals surface area contributed by atoms with E-state index in [-0.39, 0.29) is 18.9 Å². The number of unbranched alkanes of at least 4 members (excludes halogenated alkanes) is 1. The number of benzene rings is 1. The molecule has 0 radical (unpaired) electrons. The first kappa shape index (κ1) is 15.0. The van der Waals surface area contributed by atoms with Crippen molar-refractivity contribution in [3.63, 3.8) is 0 Å². The summed E-state index contributed by atoms with van der Waals surface area (Å²) in [4.78, 5) is 22.2. The minimum atomic E-state index is -0.927. The van der Waals surface area contributed by atoms with Crippen LogP contribution in [0.5, 0.6) is 5.75 Å². The highest BCUT2D eigenvalue weighted by Crippen LogP contribution is 2.18. The molecule has 1 rings (SSSR count). The van der Waals surface area contributed by atoms with Gasteiger partial charge in [-0.25, -0.2) is 0 Å². The highest BCUT2D eigenvalue weighted by Gasteiger charge is 2.09. The molecule has 5 heteroatoms. The Morgan fingerprint density at radius 3 is 2.74 bits per heavy atom. The molecule has 0 heterocycles. The first-order valence-corrected chi connectivity index (χ1v) is 6.32. The first-order chi connectivity index (χ1) is 9.13. The number of rotatable bonds is 8. The van der Waals surface area contributed by atoms with Crippen LogP contribution >= 0.6 is 0 Å². The fourth-order valence-corrected chi connectivity index (χ4v) is 1.55. The largest absolute Gasteiger partial charge is 0.483 e. The number of carboxylic acids is 1. The normalized spacial score (nSPS) is 9.95. The van der Waals surface area contributed by atoms with Crippen molar-refractivity contribution >= 4 is 11.9 Å². The molecule has 19 heavy (non-hydrogen) atoms. The number of para-hydroxylation sites is 1. The summed E-state index contributed by atoms with van der Waals surface area (Å²) < 4.78 is 5.36. The fourth-order valence-electron chi connectivity index (χ4n) is 1.55. The van der Waals surface area contributed by atoms with E-state index in [1.165, 1.54) is 0 Å². The van der Waals surface area contributed by atoms with E-state index in [4.69, 9.17) is 9.84 Å². The van der Waals surface area contributed by atoms with Crippen LogP contribution in [0.2, 0.25) is 0 Å². The topological polar surface area (TPSA) is 75.6 Å². The molecule has 2 N–H and O–H groups in total. The standard InChI is InChI=1S/C14H19NO4/c1-2-3-8-15-13(16)10-19-12-7-5-4-6-11(12)9-14(17)18/h4-7H,2-3,8-10H2,1H3,(H,15,16)(H,17,18). The van der Waals surface area contributed by atoms with Crippen molar-refractivity contribution in [2.24, 2.45) is 0 Å². The van der Waals surface area contributed by atoms with E-state index in [9.17, 15) is 9.59 Å². The zero-order chi connectivity index (χ0) is 14.1. The van der Waals surface area contributed by atoms with Crippen LogP contribution in [0, 0.1) is 0 Å². The molecular formula is C14H19NO4. The molecule has 0 atom stereocenters. The van der Waals surface area contributed by atoms with E-state index in [2.05, 4.69) is 5.32 Å². The number of aliphatic carboxylic acids is 1. The van der Waals surface area contributed by atoms with Gasteiger partial charge in [0.15, 0.2) is 6.61 Å². The van der Waals surface area contributed by atoms with Crippen molar-refractivity contribution in [3.05, 3.63) is 29.8 Å². The van der Waals surface area contributed by atoms with Crippen LogP contribution in [0.1, 0.15) is 25.3 Å². The number of ether oxygens (including phenoxy) is 1. The summed E-state index contributed by atoms with van der Waals surface area (Å²) >= 11 is 0. The highest BCUT2D eigenvalue weighted by molar-refractivity contribution is 5.77. The lowest BCUT2D eigenvalue weighted by atomic mass is 10.1. The van der Waals surface area contributed by atoms with Gasteiger partial charge >= 0.3 is 5.97 Å². The van der Waals surface area contributed by atoms with Gasteiger partial charge in [0, 0.05) is 12.1 Å². The van der Waals surface area contributed by atoms with Crippen LogP contribution in [-0.4, -0.2) is 30.1 Å². The molecule has 0 spiro atoms. The maximum Gasteiger partial charge on any atom is 0.307 e. The van der Waals surface area contributed by atoms with Crippen molar-refractivity contribution in [2.45, 2.75) is 26.2 Å². The van der Waals surface area contributed by atoms with Crippen LogP contribution < -0.4 is 10.1 Å². The second kappa shape index (κ2) is 8.13. The van der Waals surface area contributed by atoms with Gasteiger partial charge in [-0.3, -0.25) is 9.59 Å². The summed E-state index contributed by atoms with van der Waals surface area (Å²) in [5.74, 6) is -0.683. The van der Waals surface area contributed by atoms with Crippen molar-refractivity contribution in [2.75, 3.05) is 13.2 Å². The molecule has 0 aliphatic heterocycles. The van der Waals surface area contributed by atoms with E-state index >= 15 is 0 Å². The summed E-state index contributed by atoms with van der Waals surface area (Å²) in [5, 5.41) is 11.5. The molecule has 1 aromatic rings. The Morgan fingerprint density at radius 1 is 1.32 bits per heavy atom. The molecule has 0 aliphatic carbocycles. The van der Waals surface area contributed by atoms with Crippen molar-refractivity contribution in [1.82, 2.24) is 5.32 Å². The molecule has 104 valence electrons. The summed E-state index contributed by atoms with van der Waals surface area (Å²) in [6, 6.07) is 6.83. The monoisotopic (exact) mass is 265 g/mol. The molecule has 0 aromatic heterocycles. The Labute approximate surface area is 112 Å². The third kappa shape index (κ3) is 5.90. The molecule has 5 nitrogen and oxygen atoms in total. The summed E-state index contributed by atoms with van der Waals surface area (Å²) in [6.07, 6.45) is 1.83. The highest BCUT2D eigenvalue weighted by atomic mass is 16.5. The van der Waals surface area contributed by atoms with Crippen molar-refractivity contribution in [3.8, 4) is 5.75 Å². The number of hydrogen-bond donors (Lipinski definition) is 2. The quantitative estimate of drug-likeness (QED) is 0.700. The molecule has 0 fully saturated rings. The van der Waals surface area contributed by atoms with E-state index in [0.29, 0.717) is 17.9 Å². The second-order valence-corrected chi connectivity index (χ2v) is 4.17. The Hall–Kier alpha value is -2.04. The minimum Gasteiger partial charge on any atom is -0.483 e. The smallest absolute Gasteiger partial charge is 0.307 e. The first-order valence-electron chi connectivity index (χ1n) is 6.32. The zero-order valence-corrected chi connectivity index (χ0v) is 11.0. The molecule has 0 saturated heterocycles. The minimum absolute atomic E-state index is 0.0969. The summed E-state index contributed by atoms with van der Waals surface area (Å²) in [6.45, 7) is 2.58. The van der Waals surface area contributed by atoms with Crippen LogP contribution in [0.25, 0.3) is 0 Å². The predicted octanol–water partition coefficient (Wildman–Crippen LogP) is 1.61. The molecule has 0 unspecified atom stereocenters. The van der Waals surface area contributed by atoms with Gasteiger partial charge in [0.2, 0.25) is 0 Å². The van der Waals surface area contributed by atoms with E-state index in [0.717, 1.165) is 12.8 Å². The Bertz CT molecular complexity index is 431. The average Bonchev–Trinajstić information content (AvgIpc) is 2.37. The number of amides is 1. The van der Waals surface area contributed by atoms with Crippen LogP contribution in [-0.2, 0) is 16.0 Å². The van der Waals surface area contributed by atoms with Gasteiger partial charge in [0.25, 0.3) is 5.91 Å². The Morgan fingerprint density at radius 2 is 2.05 bits per heavy atom. The maximum absolute atomic E-state index is 11.5. The number of carbonyl (C=O) groups excluding carboxylic acids is 1. The lowest BCUT2D eigenvalue weighted by Crippen LogP contribution is -2.29. The fraction of sp³-hybridized carbons (Fsp3) is 0.429. The van der Waals surface area contributed by atoms with E-state index in [1.807, 2.05) is 6.92 Å². The van der Waals surface area contributed by atoms with Gasteiger partial charge < -0.3 is 15.2 Å². The zero-order valence-electron chi connectivity index (χ0n) is 11.0. The molecule has 1 amide bonds. The predicted molar refractivity (Wildman–Crippen MR) is 71.2 cm³/mol. The lowest BCUT2D eigenvalue weighted by molar-refractivity contribution is -0.136. The maximum atomic E-state index is 11.5. The molecule has 0 saturated carbocycles. The van der Waals surface area contributed by atoms with Gasteiger partial charge in [0.05, 0.1) is 6.42 Å². The summed E-state index contributed by atoms with van der Waals surface area (Å²) in [7, 11) is 0. The van der Waals surface area contributed by atoms with Gasteiger partial charge in [-0.2, -0.15) is 0 Å². The number of nitrogens with one attached hydrogen (secondary N) is 1. The van der Waals surface area contributed by atoms with Gasteiger partial charge in [-0.05, 0) is 12.5 Å². The van der Waals surface area contributed by atoms with Crippen LogP contribution in [0.4, 0.5) is 0 Å².